The maximum atomic E-state index is 5.13. The lowest BCUT2D eigenvalue weighted by Crippen LogP contribution is -2.24. The molecule has 5 heterocycles. The molecule has 0 spiro atoms. The average molecular weight is 679 g/mol. The van der Waals surface area contributed by atoms with E-state index < -0.39 is 0 Å². The van der Waals surface area contributed by atoms with Crippen molar-refractivity contribution in [3.8, 4) is 5.82 Å². The Morgan fingerprint density at radius 3 is 2.29 bits per heavy atom. The van der Waals surface area contributed by atoms with Crippen molar-refractivity contribution in [1.82, 2.24) is 19.1 Å². The lowest BCUT2D eigenvalue weighted by Gasteiger charge is -2.22. The van der Waals surface area contributed by atoms with Gasteiger partial charge in [-0.15, -0.1) is 0 Å². The predicted molar refractivity (Wildman–Crippen MR) is 215 cm³/mol. The zero-order valence-electron chi connectivity index (χ0n) is 30.1. The molecule has 256 valence electrons. The number of nitrogens with zero attached hydrogens (tertiary/aromatic N) is 6. The van der Waals surface area contributed by atoms with E-state index in [0.717, 1.165) is 37.4 Å². The van der Waals surface area contributed by atoms with Crippen molar-refractivity contribution in [2.24, 2.45) is 0 Å². The number of imidazole rings is 1. The number of benzene rings is 5. The maximum absolute atomic E-state index is 5.13. The highest BCUT2D eigenvalue weighted by Gasteiger charge is 2.30. The van der Waals surface area contributed by atoms with E-state index in [0.29, 0.717) is 0 Å². The molecule has 0 saturated carbocycles. The Morgan fingerprint density at radius 1 is 0.635 bits per heavy atom. The Labute approximate surface area is 304 Å². The van der Waals surface area contributed by atoms with E-state index in [9.17, 15) is 0 Å². The number of aryl methyl sites for hydroxylation is 2. The predicted octanol–water partition coefficient (Wildman–Crippen LogP) is 11.0. The molecule has 5 aromatic carbocycles. The highest BCUT2D eigenvalue weighted by molar-refractivity contribution is 6.09. The van der Waals surface area contributed by atoms with Crippen LogP contribution in [0.1, 0.15) is 56.1 Å². The number of hydrogen-bond acceptors (Lipinski definition) is 4. The molecular formula is C46H42N6. The van der Waals surface area contributed by atoms with Crippen LogP contribution >= 0.6 is 0 Å². The molecule has 6 nitrogen and oxygen atoms in total. The second-order valence-corrected chi connectivity index (χ2v) is 15.5. The first-order chi connectivity index (χ1) is 25.4. The average Bonchev–Trinajstić information content (AvgIpc) is 3.83. The van der Waals surface area contributed by atoms with Crippen LogP contribution in [-0.4, -0.2) is 25.8 Å². The van der Waals surface area contributed by atoms with Gasteiger partial charge >= 0.3 is 0 Å². The van der Waals surface area contributed by atoms with Crippen LogP contribution in [-0.2, 0) is 24.8 Å². The molecule has 6 heteroatoms. The summed E-state index contributed by atoms with van der Waals surface area (Å²) < 4.78 is 4.78. The number of hydrogen-bond donors (Lipinski definition) is 0. The summed E-state index contributed by atoms with van der Waals surface area (Å²) >= 11 is 0. The monoisotopic (exact) mass is 678 g/mol. The molecule has 0 fully saturated rings. The molecule has 0 atom stereocenters. The van der Waals surface area contributed by atoms with Crippen molar-refractivity contribution in [3.05, 3.63) is 150 Å². The maximum Gasteiger partial charge on any atom is 0.137 e. The summed E-state index contributed by atoms with van der Waals surface area (Å²) in [4.78, 5) is 14.9. The van der Waals surface area contributed by atoms with Crippen LogP contribution in [0.3, 0.4) is 0 Å². The van der Waals surface area contributed by atoms with Gasteiger partial charge in [0.15, 0.2) is 0 Å². The molecule has 2 aliphatic rings. The molecule has 10 rings (SSSR count). The van der Waals surface area contributed by atoms with E-state index in [1.165, 1.54) is 85.4 Å². The Bertz CT molecular complexity index is 2640. The topological polar surface area (TPSA) is 42.1 Å². The van der Waals surface area contributed by atoms with Crippen LogP contribution in [0.2, 0.25) is 0 Å². The van der Waals surface area contributed by atoms with Crippen molar-refractivity contribution in [1.29, 1.82) is 0 Å². The Morgan fingerprint density at radius 2 is 1.40 bits per heavy atom. The second kappa shape index (κ2) is 11.8. The van der Waals surface area contributed by atoms with Crippen LogP contribution in [0.25, 0.3) is 38.7 Å². The number of aromatic nitrogens is 4. The van der Waals surface area contributed by atoms with Crippen LogP contribution in [0.4, 0.5) is 22.7 Å². The summed E-state index contributed by atoms with van der Waals surface area (Å²) in [6, 6.07) is 44.6. The van der Waals surface area contributed by atoms with Gasteiger partial charge in [-0.25, -0.2) is 9.97 Å². The van der Waals surface area contributed by atoms with E-state index in [4.69, 9.17) is 9.97 Å². The normalized spacial score (nSPS) is 14.4. The smallest absolute Gasteiger partial charge is 0.137 e. The quantitative estimate of drug-likeness (QED) is 0.182. The highest BCUT2D eigenvalue weighted by Crippen LogP contribution is 2.46. The minimum atomic E-state index is 0.0324. The lowest BCUT2D eigenvalue weighted by atomic mass is 9.88. The summed E-state index contributed by atoms with van der Waals surface area (Å²) in [6.45, 7) is 8.57. The Kier molecular flexibility index (Phi) is 7.04. The molecule has 8 aromatic rings. The summed E-state index contributed by atoms with van der Waals surface area (Å²) in [6.07, 6.45) is 6.27. The van der Waals surface area contributed by atoms with Crippen LogP contribution in [0.15, 0.2) is 128 Å². The van der Waals surface area contributed by atoms with Gasteiger partial charge in [0, 0.05) is 41.3 Å². The molecule has 0 saturated heterocycles. The first kappa shape index (κ1) is 30.9. The van der Waals surface area contributed by atoms with E-state index in [-0.39, 0.29) is 5.41 Å². The van der Waals surface area contributed by atoms with Gasteiger partial charge in [-0.05, 0) is 102 Å². The van der Waals surface area contributed by atoms with Gasteiger partial charge in [0.2, 0.25) is 0 Å². The molecule has 3 aromatic heterocycles. The SMILES string of the molecule is CC(C)(C)c1ccnc(-n2c3ccccc3c3ccc(Cc4cccc(N5CN(c6ccccc6)c6cc7c(cc65)nc5n7CCCC5)c4)cc32)c1. The summed E-state index contributed by atoms with van der Waals surface area (Å²) in [7, 11) is 0. The van der Waals surface area contributed by atoms with Crippen LogP contribution < -0.4 is 9.80 Å². The molecule has 52 heavy (non-hydrogen) atoms. The van der Waals surface area contributed by atoms with Gasteiger partial charge < -0.3 is 14.4 Å². The molecule has 0 unspecified atom stereocenters. The number of para-hydroxylation sites is 2. The van der Waals surface area contributed by atoms with Gasteiger partial charge in [-0.3, -0.25) is 4.57 Å². The van der Waals surface area contributed by atoms with E-state index in [1.807, 2.05) is 6.20 Å². The van der Waals surface area contributed by atoms with Gasteiger partial charge in [0.1, 0.15) is 18.3 Å². The van der Waals surface area contributed by atoms with Crippen molar-refractivity contribution in [2.75, 3.05) is 16.5 Å². The van der Waals surface area contributed by atoms with E-state index in [1.54, 1.807) is 0 Å². The number of rotatable bonds is 5. The van der Waals surface area contributed by atoms with Crippen molar-refractivity contribution in [2.45, 2.75) is 58.4 Å². The molecule has 0 radical (unpaired) electrons. The van der Waals surface area contributed by atoms with Gasteiger partial charge in [-0.1, -0.05) is 81.4 Å². The molecule has 0 bridgehead atoms. The molecular weight excluding hydrogens is 637 g/mol. The third-order valence-electron chi connectivity index (χ3n) is 11.1. The van der Waals surface area contributed by atoms with Crippen molar-refractivity contribution in [3.63, 3.8) is 0 Å². The third kappa shape index (κ3) is 5.08. The summed E-state index contributed by atoms with van der Waals surface area (Å²) in [5.74, 6) is 2.18. The molecule has 0 N–H and O–H groups in total. The third-order valence-corrected chi connectivity index (χ3v) is 11.1. The fourth-order valence-electron chi connectivity index (χ4n) is 8.42. The number of fused-ring (bicyclic) bond motifs is 7. The zero-order valence-corrected chi connectivity index (χ0v) is 30.1. The zero-order chi connectivity index (χ0) is 35.0. The number of pyridine rings is 1. The lowest BCUT2D eigenvalue weighted by molar-refractivity contribution is 0.533. The first-order valence-corrected chi connectivity index (χ1v) is 18.6. The standard InChI is InChI=1S/C46H42N6/c1-46(2,3)33-21-22-47-45(27-33)52-39-17-8-7-16-36(39)37-20-19-32(26-40(37)52)24-31-12-11-15-35(25-31)51-30-50(34-13-5-4-6-14-34)43-29-41-38(28-42(43)51)48-44-18-9-10-23-49(41)44/h4-8,11-17,19-22,25-29H,9-10,18,23-24,30H2,1-3H3. The second-order valence-electron chi connectivity index (χ2n) is 15.5. The van der Waals surface area contributed by atoms with Gasteiger partial charge in [0.25, 0.3) is 0 Å². The highest BCUT2D eigenvalue weighted by atomic mass is 15.4. The molecule has 0 amide bonds. The Hall–Kier alpha value is -5.88. The van der Waals surface area contributed by atoms with Crippen molar-refractivity contribution >= 4 is 55.6 Å². The van der Waals surface area contributed by atoms with Crippen molar-refractivity contribution < 1.29 is 0 Å². The first-order valence-electron chi connectivity index (χ1n) is 18.6. The summed E-state index contributed by atoms with van der Waals surface area (Å²) in [5.41, 5.74) is 13.4. The van der Waals surface area contributed by atoms with Gasteiger partial charge in [-0.2, -0.15) is 0 Å². The largest absolute Gasteiger partial charge is 0.328 e. The fourth-order valence-corrected chi connectivity index (χ4v) is 8.42. The summed E-state index contributed by atoms with van der Waals surface area (Å²) in [5, 5.41) is 2.50. The molecule has 2 aliphatic heterocycles. The van der Waals surface area contributed by atoms with E-state index >= 15 is 0 Å². The minimum absolute atomic E-state index is 0.0324. The van der Waals surface area contributed by atoms with Crippen LogP contribution in [0.5, 0.6) is 0 Å². The molecule has 0 aliphatic carbocycles. The van der Waals surface area contributed by atoms with Crippen LogP contribution in [0, 0.1) is 0 Å². The fraction of sp³-hybridized carbons (Fsp3) is 0.217. The minimum Gasteiger partial charge on any atom is -0.328 e. The van der Waals surface area contributed by atoms with Gasteiger partial charge in [0.05, 0.1) is 33.4 Å². The number of anilines is 4. The van der Waals surface area contributed by atoms with E-state index in [2.05, 4.69) is 161 Å². The Balaban J connectivity index is 1.04.